The van der Waals surface area contributed by atoms with E-state index in [1.807, 2.05) is 34.9 Å². The van der Waals surface area contributed by atoms with Gasteiger partial charge in [-0.15, -0.1) is 0 Å². The summed E-state index contributed by atoms with van der Waals surface area (Å²) < 4.78 is 27.2. The standard InChI is InChI=1S/C28H20BrClFN3O3/c1-36-24-13-18(7-10-23(24)35)26-28(34-11-3-2-4-25(34)33-26)32-15-19-12-20(29)14-22(30)27(19)37-16-17-5-8-21(31)9-6-17/h2-15,35H,16H2,1H3. The van der Waals surface area contributed by atoms with Crippen molar-refractivity contribution in [3.05, 3.63) is 105 Å². The van der Waals surface area contributed by atoms with Crippen LogP contribution in [-0.2, 0) is 6.61 Å². The number of aromatic hydroxyl groups is 1. The van der Waals surface area contributed by atoms with Crippen LogP contribution in [0.15, 0.2) is 88.5 Å². The molecule has 0 radical (unpaired) electrons. The summed E-state index contributed by atoms with van der Waals surface area (Å²) in [5.74, 6) is 1.07. The van der Waals surface area contributed by atoms with E-state index >= 15 is 0 Å². The van der Waals surface area contributed by atoms with Crippen molar-refractivity contribution in [1.82, 2.24) is 9.38 Å². The van der Waals surface area contributed by atoms with Gasteiger partial charge in [0.1, 0.15) is 29.5 Å². The van der Waals surface area contributed by atoms with Crippen molar-refractivity contribution in [2.24, 2.45) is 4.99 Å². The summed E-state index contributed by atoms with van der Waals surface area (Å²) in [7, 11) is 1.49. The van der Waals surface area contributed by atoms with Crippen molar-refractivity contribution in [2.75, 3.05) is 7.11 Å². The molecule has 6 nitrogen and oxygen atoms in total. The van der Waals surface area contributed by atoms with E-state index in [1.54, 1.807) is 42.6 Å². The number of nitrogens with zero attached hydrogens (tertiary/aromatic N) is 3. The topological polar surface area (TPSA) is 68.4 Å². The number of methoxy groups -OCH3 is 1. The molecule has 1 N–H and O–H groups in total. The van der Waals surface area contributed by atoms with Crippen molar-refractivity contribution in [3.63, 3.8) is 0 Å². The molecule has 186 valence electrons. The zero-order valence-electron chi connectivity index (χ0n) is 19.5. The van der Waals surface area contributed by atoms with Gasteiger partial charge in [0.25, 0.3) is 0 Å². The van der Waals surface area contributed by atoms with Crippen LogP contribution in [0.25, 0.3) is 16.9 Å². The average molecular weight is 581 g/mol. The largest absolute Gasteiger partial charge is 0.504 e. The Kier molecular flexibility index (Phi) is 7.12. The number of ether oxygens (including phenoxy) is 2. The Morgan fingerprint density at radius 1 is 1.11 bits per heavy atom. The Hall–Kier alpha value is -3.88. The van der Waals surface area contributed by atoms with E-state index in [9.17, 15) is 9.50 Å². The lowest BCUT2D eigenvalue weighted by Crippen LogP contribution is -2.00. The first-order valence-corrected chi connectivity index (χ1v) is 12.3. The normalized spacial score (nSPS) is 11.4. The molecule has 0 atom stereocenters. The fourth-order valence-corrected chi connectivity index (χ4v) is 4.71. The number of halogens is 3. The number of aromatic nitrogens is 2. The molecule has 0 spiro atoms. The van der Waals surface area contributed by atoms with E-state index in [0.29, 0.717) is 39.2 Å². The third-order valence-corrected chi connectivity index (χ3v) is 6.36. The molecule has 0 fully saturated rings. The lowest BCUT2D eigenvalue weighted by Gasteiger charge is -2.12. The fraction of sp³-hybridized carbons (Fsp3) is 0.0714. The molecule has 9 heteroatoms. The van der Waals surface area contributed by atoms with Crippen LogP contribution >= 0.6 is 27.5 Å². The molecule has 0 bridgehead atoms. The number of hydrogen-bond donors (Lipinski definition) is 1. The van der Waals surface area contributed by atoms with E-state index < -0.39 is 0 Å². The summed E-state index contributed by atoms with van der Waals surface area (Å²) in [6, 6.07) is 20.4. The quantitative estimate of drug-likeness (QED) is 0.201. The highest BCUT2D eigenvalue weighted by Crippen LogP contribution is 2.37. The summed E-state index contributed by atoms with van der Waals surface area (Å²) in [5.41, 5.74) is 3.48. The zero-order chi connectivity index (χ0) is 25.9. The van der Waals surface area contributed by atoms with E-state index in [0.717, 1.165) is 15.6 Å². The number of benzene rings is 3. The molecule has 5 aromatic rings. The molecular weight excluding hydrogens is 561 g/mol. The maximum absolute atomic E-state index is 13.3. The molecule has 0 amide bonds. The van der Waals surface area contributed by atoms with Gasteiger partial charge in [0.15, 0.2) is 17.3 Å². The first-order valence-electron chi connectivity index (χ1n) is 11.2. The predicted octanol–water partition coefficient (Wildman–Crippen LogP) is 7.60. The Morgan fingerprint density at radius 2 is 1.92 bits per heavy atom. The molecule has 0 aliphatic rings. The molecule has 0 saturated carbocycles. The number of phenolic OH excluding ortho intramolecular Hbond substituents is 1. The molecule has 2 aromatic heterocycles. The van der Waals surface area contributed by atoms with Crippen LogP contribution < -0.4 is 9.47 Å². The Labute approximate surface area is 225 Å². The third kappa shape index (κ3) is 5.30. The van der Waals surface area contributed by atoms with Crippen molar-refractivity contribution in [1.29, 1.82) is 0 Å². The maximum Gasteiger partial charge on any atom is 0.165 e. The third-order valence-electron chi connectivity index (χ3n) is 5.62. The van der Waals surface area contributed by atoms with Gasteiger partial charge in [-0.2, -0.15) is 0 Å². The van der Waals surface area contributed by atoms with Gasteiger partial charge in [-0.05, 0) is 60.2 Å². The number of fused-ring (bicyclic) bond motifs is 1. The Bertz CT molecular complexity index is 1620. The van der Waals surface area contributed by atoms with Gasteiger partial charge in [-0.25, -0.2) is 14.4 Å². The molecule has 0 aliphatic heterocycles. The predicted molar refractivity (Wildman–Crippen MR) is 146 cm³/mol. The Balaban J connectivity index is 1.56. The molecule has 0 aliphatic carbocycles. The molecule has 5 rings (SSSR count). The van der Waals surface area contributed by atoms with E-state index in [1.165, 1.54) is 19.2 Å². The highest BCUT2D eigenvalue weighted by molar-refractivity contribution is 9.10. The summed E-state index contributed by atoms with van der Waals surface area (Å²) >= 11 is 10.0. The van der Waals surface area contributed by atoms with Crippen LogP contribution in [-0.4, -0.2) is 27.8 Å². The van der Waals surface area contributed by atoms with Crippen LogP contribution in [0.2, 0.25) is 5.02 Å². The second kappa shape index (κ2) is 10.6. The first kappa shape index (κ1) is 24.8. The van der Waals surface area contributed by atoms with Crippen LogP contribution in [0.5, 0.6) is 17.2 Å². The van der Waals surface area contributed by atoms with E-state index in [2.05, 4.69) is 15.9 Å². The summed E-state index contributed by atoms with van der Waals surface area (Å²) in [4.78, 5) is 9.55. The number of aliphatic imine (C=N–C) groups is 1. The van der Waals surface area contributed by atoms with E-state index in [4.69, 9.17) is 31.1 Å². The molecular formula is C28H20BrClFN3O3. The van der Waals surface area contributed by atoms with Gasteiger partial charge in [0.05, 0.1) is 12.1 Å². The molecule has 0 saturated heterocycles. The zero-order valence-corrected chi connectivity index (χ0v) is 21.9. The minimum absolute atomic E-state index is 0.0341. The van der Waals surface area contributed by atoms with Gasteiger partial charge in [0.2, 0.25) is 0 Å². The second-order valence-electron chi connectivity index (χ2n) is 8.08. The van der Waals surface area contributed by atoms with Crippen LogP contribution in [0.3, 0.4) is 0 Å². The maximum atomic E-state index is 13.3. The molecule has 0 unspecified atom stereocenters. The van der Waals surface area contributed by atoms with Crippen LogP contribution in [0, 0.1) is 5.82 Å². The van der Waals surface area contributed by atoms with Gasteiger partial charge in [-0.1, -0.05) is 45.7 Å². The van der Waals surface area contributed by atoms with Crippen molar-refractivity contribution in [2.45, 2.75) is 6.61 Å². The monoisotopic (exact) mass is 579 g/mol. The molecule has 3 aromatic carbocycles. The highest BCUT2D eigenvalue weighted by Gasteiger charge is 2.16. The number of pyridine rings is 1. The van der Waals surface area contributed by atoms with Crippen molar-refractivity contribution >= 4 is 45.2 Å². The lowest BCUT2D eigenvalue weighted by molar-refractivity contribution is 0.306. The second-order valence-corrected chi connectivity index (χ2v) is 9.40. The summed E-state index contributed by atoms with van der Waals surface area (Å²) in [5, 5.41) is 10.4. The number of rotatable bonds is 7. The lowest BCUT2D eigenvalue weighted by atomic mass is 10.1. The molecule has 2 heterocycles. The smallest absolute Gasteiger partial charge is 0.165 e. The van der Waals surface area contributed by atoms with E-state index in [-0.39, 0.29) is 18.2 Å². The van der Waals surface area contributed by atoms with Crippen molar-refractivity contribution < 1.29 is 19.0 Å². The average Bonchev–Trinajstić information content (AvgIpc) is 3.26. The SMILES string of the molecule is COc1cc(-c2nc3ccccn3c2N=Cc2cc(Br)cc(Cl)c2OCc2ccc(F)cc2)ccc1O. The number of imidazole rings is 1. The fourth-order valence-electron chi connectivity index (χ4n) is 3.82. The van der Waals surface area contributed by atoms with Crippen LogP contribution in [0.4, 0.5) is 10.2 Å². The van der Waals surface area contributed by atoms with Gasteiger partial charge in [0, 0.05) is 28.0 Å². The van der Waals surface area contributed by atoms with Crippen molar-refractivity contribution in [3.8, 4) is 28.5 Å². The summed E-state index contributed by atoms with van der Waals surface area (Å²) in [6.45, 7) is 0.205. The minimum atomic E-state index is -0.312. The van der Waals surface area contributed by atoms with Gasteiger partial charge >= 0.3 is 0 Å². The first-order chi connectivity index (χ1) is 17.9. The number of phenols is 1. The highest BCUT2D eigenvalue weighted by atomic mass is 79.9. The molecule has 37 heavy (non-hydrogen) atoms. The van der Waals surface area contributed by atoms with Gasteiger partial charge in [-0.3, -0.25) is 4.40 Å². The number of hydrogen-bond acceptors (Lipinski definition) is 5. The van der Waals surface area contributed by atoms with Gasteiger partial charge < -0.3 is 14.6 Å². The Morgan fingerprint density at radius 3 is 2.70 bits per heavy atom. The summed E-state index contributed by atoms with van der Waals surface area (Å²) in [6.07, 6.45) is 3.53. The minimum Gasteiger partial charge on any atom is -0.504 e. The van der Waals surface area contributed by atoms with Crippen LogP contribution in [0.1, 0.15) is 11.1 Å².